The Morgan fingerprint density at radius 3 is 3.00 bits per heavy atom. The smallest absolute Gasteiger partial charge is 0.123 e. The van der Waals surface area contributed by atoms with Gasteiger partial charge in [-0.1, -0.05) is 23.7 Å². The summed E-state index contributed by atoms with van der Waals surface area (Å²) in [5, 5.41) is 4.74. The van der Waals surface area contributed by atoms with E-state index < -0.39 is 0 Å². The fourth-order valence-electron chi connectivity index (χ4n) is 2.21. The number of benzene rings is 1. The zero-order valence-corrected chi connectivity index (χ0v) is 12.5. The van der Waals surface area contributed by atoms with Crippen LogP contribution in [0.25, 0.3) is 0 Å². The Bertz CT molecular complexity index is 590. The second-order valence-corrected chi connectivity index (χ2v) is 5.05. The van der Waals surface area contributed by atoms with Gasteiger partial charge in [0.25, 0.3) is 0 Å². The third-order valence-corrected chi connectivity index (χ3v) is 3.49. The third-order valence-electron chi connectivity index (χ3n) is 3.20. The highest BCUT2D eigenvalue weighted by Crippen LogP contribution is 2.25. The third kappa shape index (κ3) is 4.01. The Labute approximate surface area is 127 Å². The van der Waals surface area contributed by atoms with E-state index in [1.54, 1.807) is 24.1 Å². The molecular formula is C14H18ClFN4O. The van der Waals surface area contributed by atoms with Crippen LogP contribution in [0.1, 0.15) is 17.3 Å². The average Bonchev–Trinajstić information content (AvgIpc) is 2.83. The van der Waals surface area contributed by atoms with Crippen LogP contribution in [-0.2, 0) is 17.7 Å². The lowest BCUT2D eigenvalue weighted by Crippen LogP contribution is -2.32. The summed E-state index contributed by atoms with van der Waals surface area (Å²) in [4.78, 5) is 0. The van der Waals surface area contributed by atoms with Gasteiger partial charge in [-0.25, -0.2) is 4.39 Å². The van der Waals surface area contributed by atoms with E-state index in [0.717, 1.165) is 11.3 Å². The molecule has 3 N–H and O–H groups in total. The molecule has 1 unspecified atom stereocenters. The van der Waals surface area contributed by atoms with Crippen molar-refractivity contribution in [3.05, 3.63) is 52.6 Å². The first kappa shape index (κ1) is 15.9. The van der Waals surface area contributed by atoms with Crippen molar-refractivity contribution in [3.63, 3.8) is 0 Å². The molecule has 21 heavy (non-hydrogen) atoms. The van der Waals surface area contributed by atoms with Crippen LogP contribution in [0.4, 0.5) is 4.39 Å². The molecule has 0 bridgehead atoms. The maximum Gasteiger partial charge on any atom is 0.123 e. The van der Waals surface area contributed by atoms with Crippen molar-refractivity contribution < 1.29 is 9.13 Å². The average molecular weight is 313 g/mol. The van der Waals surface area contributed by atoms with Gasteiger partial charge in [-0.15, -0.1) is 0 Å². The normalized spacial score (nSPS) is 12.6. The largest absolute Gasteiger partial charge is 0.383 e. The van der Waals surface area contributed by atoms with Crippen LogP contribution in [0.5, 0.6) is 0 Å². The van der Waals surface area contributed by atoms with E-state index in [4.69, 9.17) is 22.2 Å². The summed E-state index contributed by atoms with van der Waals surface area (Å²) in [6.07, 6.45) is 2.08. The minimum atomic E-state index is -0.276. The van der Waals surface area contributed by atoms with Crippen LogP contribution in [0.3, 0.4) is 0 Å². The zero-order chi connectivity index (χ0) is 15.2. The molecule has 1 aromatic carbocycles. The van der Waals surface area contributed by atoms with E-state index in [1.165, 1.54) is 12.1 Å². The second-order valence-electron chi connectivity index (χ2n) is 4.65. The van der Waals surface area contributed by atoms with E-state index in [2.05, 4.69) is 10.5 Å². The highest BCUT2D eigenvalue weighted by atomic mass is 35.5. The molecular weight excluding hydrogens is 295 g/mol. The van der Waals surface area contributed by atoms with E-state index >= 15 is 0 Å². The fourth-order valence-corrected chi connectivity index (χ4v) is 2.48. The highest BCUT2D eigenvalue weighted by Gasteiger charge is 2.20. The van der Waals surface area contributed by atoms with Gasteiger partial charge in [-0.3, -0.25) is 16.0 Å². The van der Waals surface area contributed by atoms with Gasteiger partial charge in [0.15, 0.2) is 0 Å². The summed E-state index contributed by atoms with van der Waals surface area (Å²) in [7, 11) is 1.62. The van der Waals surface area contributed by atoms with Gasteiger partial charge in [0.2, 0.25) is 0 Å². The number of nitrogens with one attached hydrogen (secondary N) is 1. The molecule has 0 amide bonds. The SMILES string of the molecule is COCCn1ncc(Cl)c1C(Cc1cccc(F)c1)NN. The zero-order valence-electron chi connectivity index (χ0n) is 11.7. The highest BCUT2D eigenvalue weighted by molar-refractivity contribution is 6.31. The van der Waals surface area contributed by atoms with Gasteiger partial charge in [-0.2, -0.15) is 5.10 Å². The number of rotatable bonds is 7. The molecule has 0 spiro atoms. The lowest BCUT2D eigenvalue weighted by atomic mass is 10.0. The van der Waals surface area contributed by atoms with Gasteiger partial charge in [0.1, 0.15) is 5.82 Å². The minimum absolute atomic E-state index is 0.265. The van der Waals surface area contributed by atoms with Gasteiger partial charge < -0.3 is 4.74 Å². The second kappa shape index (κ2) is 7.51. The van der Waals surface area contributed by atoms with Crippen LogP contribution in [0.2, 0.25) is 5.02 Å². The van der Waals surface area contributed by atoms with Crippen molar-refractivity contribution >= 4 is 11.6 Å². The summed E-state index contributed by atoms with van der Waals surface area (Å²) < 4.78 is 20.1. The first-order valence-electron chi connectivity index (χ1n) is 6.56. The van der Waals surface area contributed by atoms with E-state index in [-0.39, 0.29) is 11.9 Å². The summed E-state index contributed by atoms with van der Waals surface area (Å²) in [5.74, 6) is 5.37. The number of hydrazine groups is 1. The first-order valence-corrected chi connectivity index (χ1v) is 6.94. The number of halogens is 2. The summed E-state index contributed by atoms with van der Waals surface area (Å²) >= 11 is 6.20. The number of nitrogens with zero attached hydrogens (tertiary/aromatic N) is 2. The summed E-state index contributed by atoms with van der Waals surface area (Å²) in [6.45, 7) is 1.09. The maximum atomic E-state index is 13.3. The molecule has 0 aliphatic carbocycles. The summed E-state index contributed by atoms with van der Waals surface area (Å²) in [5.41, 5.74) is 4.31. The van der Waals surface area contributed by atoms with E-state index in [0.29, 0.717) is 24.6 Å². The number of aromatic nitrogens is 2. The Hall–Kier alpha value is -1.47. The monoisotopic (exact) mass is 312 g/mol. The molecule has 7 heteroatoms. The molecule has 114 valence electrons. The molecule has 1 heterocycles. The molecule has 0 aliphatic rings. The van der Waals surface area contributed by atoms with Crippen LogP contribution in [0.15, 0.2) is 30.5 Å². The topological polar surface area (TPSA) is 65.1 Å². The lowest BCUT2D eigenvalue weighted by Gasteiger charge is -2.18. The van der Waals surface area contributed by atoms with Crippen LogP contribution >= 0.6 is 11.6 Å². The molecule has 2 aromatic rings. The van der Waals surface area contributed by atoms with Crippen molar-refractivity contribution in [1.82, 2.24) is 15.2 Å². The van der Waals surface area contributed by atoms with E-state index in [9.17, 15) is 4.39 Å². The van der Waals surface area contributed by atoms with Crippen molar-refractivity contribution in [2.24, 2.45) is 5.84 Å². The van der Waals surface area contributed by atoms with Crippen LogP contribution < -0.4 is 11.3 Å². The molecule has 0 fully saturated rings. The Morgan fingerprint density at radius 1 is 1.52 bits per heavy atom. The fraction of sp³-hybridized carbons (Fsp3) is 0.357. The Balaban J connectivity index is 2.22. The molecule has 0 saturated heterocycles. The lowest BCUT2D eigenvalue weighted by molar-refractivity contribution is 0.181. The van der Waals surface area contributed by atoms with E-state index in [1.807, 2.05) is 6.07 Å². The number of methoxy groups -OCH3 is 1. The molecule has 0 radical (unpaired) electrons. The molecule has 1 aromatic heterocycles. The van der Waals surface area contributed by atoms with Gasteiger partial charge in [-0.05, 0) is 24.1 Å². The first-order chi connectivity index (χ1) is 10.2. The number of nitrogens with two attached hydrogens (primary N) is 1. The Kier molecular flexibility index (Phi) is 5.69. The van der Waals surface area contributed by atoms with Crippen molar-refractivity contribution in [1.29, 1.82) is 0 Å². The predicted octanol–water partition coefficient (Wildman–Crippen LogP) is 2.07. The molecule has 2 rings (SSSR count). The molecule has 0 aliphatic heterocycles. The standard InChI is InChI=1S/C14H18ClFN4O/c1-21-6-5-20-14(12(15)9-18-20)13(19-17)8-10-3-2-4-11(16)7-10/h2-4,7,9,13,19H,5-6,8,17H2,1H3. The minimum Gasteiger partial charge on any atom is -0.383 e. The van der Waals surface area contributed by atoms with Crippen LogP contribution in [-0.4, -0.2) is 23.5 Å². The predicted molar refractivity (Wildman–Crippen MR) is 79.3 cm³/mol. The van der Waals surface area contributed by atoms with Crippen LogP contribution in [0, 0.1) is 5.82 Å². The van der Waals surface area contributed by atoms with Crippen molar-refractivity contribution in [2.45, 2.75) is 19.0 Å². The van der Waals surface area contributed by atoms with Crippen molar-refractivity contribution in [3.8, 4) is 0 Å². The Morgan fingerprint density at radius 2 is 2.33 bits per heavy atom. The number of ether oxygens (including phenoxy) is 1. The quantitative estimate of drug-likeness (QED) is 0.607. The van der Waals surface area contributed by atoms with Crippen molar-refractivity contribution in [2.75, 3.05) is 13.7 Å². The molecule has 0 saturated carbocycles. The number of hydrogen-bond acceptors (Lipinski definition) is 4. The molecule has 1 atom stereocenters. The number of hydrogen-bond donors (Lipinski definition) is 2. The molecule has 5 nitrogen and oxygen atoms in total. The van der Waals surface area contributed by atoms with Gasteiger partial charge >= 0.3 is 0 Å². The van der Waals surface area contributed by atoms with Gasteiger partial charge in [0, 0.05) is 7.11 Å². The maximum absolute atomic E-state index is 13.3. The summed E-state index contributed by atoms with van der Waals surface area (Å²) in [6, 6.07) is 6.14. The van der Waals surface area contributed by atoms with Gasteiger partial charge in [0.05, 0.1) is 36.1 Å².